The van der Waals surface area contributed by atoms with Gasteiger partial charge in [0.2, 0.25) is 6.41 Å². The second kappa shape index (κ2) is 8.15. The highest BCUT2D eigenvalue weighted by molar-refractivity contribution is 6.09. The first-order valence-corrected chi connectivity index (χ1v) is 8.79. The molecule has 2 heterocycles. The van der Waals surface area contributed by atoms with Gasteiger partial charge in [-0.1, -0.05) is 11.2 Å². The van der Waals surface area contributed by atoms with Gasteiger partial charge in [-0.25, -0.2) is 4.90 Å². The third-order valence-electron chi connectivity index (χ3n) is 4.55. The third-order valence-corrected chi connectivity index (χ3v) is 4.55. The van der Waals surface area contributed by atoms with E-state index >= 15 is 0 Å². The molecule has 0 saturated carbocycles. The summed E-state index contributed by atoms with van der Waals surface area (Å²) in [7, 11) is 0. The summed E-state index contributed by atoms with van der Waals surface area (Å²) in [5.74, 6) is -0.532. The zero-order valence-corrected chi connectivity index (χ0v) is 15.9. The Bertz CT molecular complexity index is 1020. The molecule has 10 nitrogen and oxygen atoms in total. The minimum Gasteiger partial charge on any atom is -0.504 e. The standard InChI is InChI=1S/C19H21N5O5/c1-11-15(12(2)29-22-11)9-23-8-14(7-21-23)24(10-25)19(28)16(20)5-13-3-4-17(26)18(27)6-13/h3-4,6-8,10,16,26-27H,5,9,20H2,1-2H3. The summed E-state index contributed by atoms with van der Waals surface area (Å²) in [6.07, 6.45) is 3.40. The van der Waals surface area contributed by atoms with Gasteiger partial charge in [0.15, 0.2) is 11.5 Å². The lowest BCUT2D eigenvalue weighted by Gasteiger charge is -2.18. The van der Waals surface area contributed by atoms with E-state index in [2.05, 4.69) is 10.3 Å². The van der Waals surface area contributed by atoms with Gasteiger partial charge in [-0.15, -0.1) is 0 Å². The second-order valence-electron chi connectivity index (χ2n) is 6.65. The van der Waals surface area contributed by atoms with Crippen LogP contribution >= 0.6 is 0 Å². The van der Waals surface area contributed by atoms with Crippen molar-refractivity contribution < 1.29 is 24.3 Å². The van der Waals surface area contributed by atoms with E-state index in [1.54, 1.807) is 17.8 Å². The number of carbonyl (C=O) groups is 2. The van der Waals surface area contributed by atoms with E-state index in [9.17, 15) is 19.8 Å². The number of aromatic nitrogens is 3. The second-order valence-corrected chi connectivity index (χ2v) is 6.65. The summed E-state index contributed by atoms with van der Waals surface area (Å²) in [6.45, 7) is 3.99. The van der Waals surface area contributed by atoms with Crippen molar-refractivity contribution in [3.63, 3.8) is 0 Å². The Morgan fingerprint density at radius 1 is 1.34 bits per heavy atom. The van der Waals surface area contributed by atoms with Gasteiger partial charge in [-0.2, -0.15) is 5.10 Å². The van der Waals surface area contributed by atoms with Crippen LogP contribution in [0.15, 0.2) is 35.1 Å². The summed E-state index contributed by atoms with van der Waals surface area (Å²) in [5, 5.41) is 27.0. The van der Waals surface area contributed by atoms with Gasteiger partial charge in [-0.05, 0) is 38.0 Å². The van der Waals surface area contributed by atoms with Crippen molar-refractivity contribution in [1.82, 2.24) is 14.9 Å². The first-order valence-electron chi connectivity index (χ1n) is 8.79. The maximum atomic E-state index is 12.7. The van der Waals surface area contributed by atoms with Crippen LogP contribution in [-0.2, 0) is 22.6 Å². The maximum Gasteiger partial charge on any atom is 0.250 e. The SMILES string of the molecule is Cc1noc(C)c1Cn1cc(N(C=O)C(=O)C(N)Cc2ccc(O)c(O)c2)cn1. The Morgan fingerprint density at radius 2 is 2.10 bits per heavy atom. The molecule has 0 aliphatic rings. The summed E-state index contributed by atoms with van der Waals surface area (Å²) in [6, 6.07) is 3.12. The van der Waals surface area contributed by atoms with Crippen LogP contribution < -0.4 is 10.6 Å². The molecule has 0 fully saturated rings. The highest BCUT2D eigenvalue weighted by Gasteiger charge is 2.24. The number of hydrogen-bond acceptors (Lipinski definition) is 8. The third kappa shape index (κ3) is 4.27. The average Bonchev–Trinajstić information content (AvgIpc) is 3.27. The van der Waals surface area contributed by atoms with E-state index < -0.39 is 11.9 Å². The molecule has 3 aromatic rings. The molecule has 1 unspecified atom stereocenters. The fourth-order valence-electron chi connectivity index (χ4n) is 2.91. The molecular weight excluding hydrogens is 378 g/mol. The predicted octanol–water partition coefficient (Wildman–Crippen LogP) is 1.01. The fraction of sp³-hybridized carbons (Fsp3) is 0.263. The van der Waals surface area contributed by atoms with Crippen LogP contribution in [0.4, 0.5) is 5.69 Å². The van der Waals surface area contributed by atoms with E-state index in [0.717, 1.165) is 16.2 Å². The van der Waals surface area contributed by atoms with Crippen molar-refractivity contribution in [2.24, 2.45) is 5.73 Å². The fourth-order valence-corrected chi connectivity index (χ4v) is 2.91. The normalized spacial score (nSPS) is 12.0. The van der Waals surface area contributed by atoms with Gasteiger partial charge in [0.05, 0.1) is 30.2 Å². The average molecular weight is 399 g/mol. The number of phenols is 2. The molecule has 10 heteroatoms. The molecule has 1 atom stereocenters. The molecule has 4 N–H and O–H groups in total. The van der Waals surface area contributed by atoms with E-state index in [-0.39, 0.29) is 23.6 Å². The number of nitrogens with two attached hydrogens (primary N) is 1. The van der Waals surface area contributed by atoms with Gasteiger partial charge < -0.3 is 20.5 Å². The summed E-state index contributed by atoms with van der Waals surface area (Å²) >= 11 is 0. The van der Waals surface area contributed by atoms with Gasteiger partial charge in [0.1, 0.15) is 5.76 Å². The number of imide groups is 1. The summed E-state index contributed by atoms with van der Waals surface area (Å²) < 4.78 is 6.69. The van der Waals surface area contributed by atoms with Crippen LogP contribution in [-0.4, -0.2) is 43.5 Å². The number of rotatable bonds is 7. The van der Waals surface area contributed by atoms with Gasteiger partial charge >= 0.3 is 0 Å². The number of amides is 2. The first kappa shape index (κ1) is 20.1. The van der Waals surface area contributed by atoms with Crippen LogP contribution in [0.2, 0.25) is 0 Å². The van der Waals surface area contributed by atoms with Crippen molar-refractivity contribution >= 4 is 18.0 Å². The Labute approximate surface area is 166 Å². The van der Waals surface area contributed by atoms with Gasteiger partial charge in [0, 0.05) is 11.8 Å². The summed E-state index contributed by atoms with van der Waals surface area (Å²) in [4.78, 5) is 25.1. The molecule has 0 spiro atoms. The minimum absolute atomic E-state index is 0.0736. The zero-order chi connectivity index (χ0) is 21.1. The number of benzene rings is 1. The Kier molecular flexibility index (Phi) is 5.64. The number of aryl methyl sites for hydroxylation is 2. The Balaban J connectivity index is 1.73. The van der Waals surface area contributed by atoms with Crippen molar-refractivity contribution in [3.05, 3.63) is 53.2 Å². The van der Waals surface area contributed by atoms with Crippen LogP contribution in [0.3, 0.4) is 0 Å². The summed E-state index contributed by atoms with van der Waals surface area (Å²) in [5.41, 5.74) is 8.39. The topological polar surface area (TPSA) is 148 Å². The monoisotopic (exact) mass is 399 g/mol. The molecule has 0 radical (unpaired) electrons. The molecule has 3 rings (SSSR count). The van der Waals surface area contributed by atoms with E-state index in [0.29, 0.717) is 24.3 Å². The highest BCUT2D eigenvalue weighted by Crippen LogP contribution is 2.25. The molecule has 0 saturated heterocycles. The van der Waals surface area contributed by atoms with E-state index in [1.807, 2.05) is 6.92 Å². The van der Waals surface area contributed by atoms with E-state index in [1.165, 1.54) is 24.4 Å². The number of aromatic hydroxyl groups is 2. The maximum absolute atomic E-state index is 12.7. The smallest absolute Gasteiger partial charge is 0.250 e. The number of phenolic OH excluding ortho intramolecular Hbond substituents is 2. The molecule has 29 heavy (non-hydrogen) atoms. The van der Waals surface area contributed by atoms with Crippen LogP contribution in [0, 0.1) is 13.8 Å². The first-order chi connectivity index (χ1) is 13.8. The zero-order valence-electron chi connectivity index (χ0n) is 15.9. The van der Waals surface area contributed by atoms with Crippen LogP contribution in [0.5, 0.6) is 11.5 Å². The molecule has 0 aliphatic carbocycles. The number of carbonyl (C=O) groups excluding carboxylic acids is 2. The molecule has 0 aliphatic heterocycles. The molecule has 2 amide bonds. The van der Waals surface area contributed by atoms with Crippen molar-refractivity contribution in [2.75, 3.05) is 4.90 Å². The highest BCUT2D eigenvalue weighted by atomic mass is 16.5. The predicted molar refractivity (Wildman–Crippen MR) is 102 cm³/mol. The Morgan fingerprint density at radius 3 is 2.72 bits per heavy atom. The van der Waals surface area contributed by atoms with Crippen LogP contribution in [0.25, 0.3) is 0 Å². The van der Waals surface area contributed by atoms with E-state index in [4.69, 9.17) is 10.3 Å². The van der Waals surface area contributed by atoms with Gasteiger partial charge in [-0.3, -0.25) is 14.3 Å². The molecular formula is C19H21N5O5. The number of hydrogen-bond donors (Lipinski definition) is 3. The van der Waals surface area contributed by atoms with Crippen molar-refractivity contribution in [3.8, 4) is 11.5 Å². The molecule has 2 aromatic heterocycles. The van der Waals surface area contributed by atoms with Gasteiger partial charge in [0.25, 0.3) is 5.91 Å². The lowest BCUT2D eigenvalue weighted by Crippen LogP contribution is -2.44. The largest absolute Gasteiger partial charge is 0.504 e. The lowest BCUT2D eigenvalue weighted by atomic mass is 10.0. The lowest BCUT2D eigenvalue weighted by molar-refractivity contribution is -0.122. The minimum atomic E-state index is -1.03. The molecule has 1 aromatic carbocycles. The van der Waals surface area contributed by atoms with Crippen molar-refractivity contribution in [1.29, 1.82) is 0 Å². The van der Waals surface area contributed by atoms with Crippen LogP contribution in [0.1, 0.15) is 22.6 Å². The number of nitrogens with zero attached hydrogens (tertiary/aromatic N) is 4. The molecule has 0 bridgehead atoms. The van der Waals surface area contributed by atoms with Crippen molar-refractivity contribution in [2.45, 2.75) is 32.9 Å². The quantitative estimate of drug-likeness (QED) is 0.394. The molecule has 152 valence electrons. The number of anilines is 1. The Hall–Kier alpha value is -3.66.